The van der Waals surface area contributed by atoms with Crippen molar-refractivity contribution in [1.82, 2.24) is 5.32 Å². The Morgan fingerprint density at radius 3 is 2.35 bits per heavy atom. The zero-order valence-corrected chi connectivity index (χ0v) is 15.9. The molecule has 0 unspecified atom stereocenters. The van der Waals surface area contributed by atoms with Crippen molar-refractivity contribution in [2.24, 2.45) is 17.6 Å². The lowest BCUT2D eigenvalue weighted by atomic mass is 9.88. The van der Waals surface area contributed by atoms with E-state index in [4.69, 9.17) is 10.5 Å². The Balaban J connectivity index is 2.28. The Labute approximate surface area is 155 Å². The molecular formula is C20H30N2O4. The molecule has 0 bridgehead atoms. The number of unbranched alkanes of at least 4 members (excludes halogenated alkanes) is 1. The molecule has 6 heteroatoms. The standard InChI is InChI=1S/C20H30N2O4/c1-14(2)16(20(25)26-3)13-18(23)17(21)11-7-8-12-22-19(24)15-9-5-4-6-10-15/h4-6,9-10,14,16-17H,7-8,11-13,21H2,1-3H3,(H,22,24)/t16-,17+/m1/s1. The number of hydrogen-bond donors (Lipinski definition) is 2. The molecule has 144 valence electrons. The van der Waals surface area contributed by atoms with Crippen LogP contribution in [0.5, 0.6) is 0 Å². The summed E-state index contributed by atoms with van der Waals surface area (Å²) in [5.41, 5.74) is 6.58. The quantitative estimate of drug-likeness (QED) is 0.465. The third-order valence-electron chi connectivity index (χ3n) is 4.41. The second-order valence-corrected chi connectivity index (χ2v) is 6.77. The topological polar surface area (TPSA) is 98.5 Å². The first kappa shape index (κ1) is 21.8. The van der Waals surface area contributed by atoms with Crippen molar-refractivity contribution in [1.29, 1.82) is 0 Å². The Morgan fingerprint density at radius 2 is 1.77 bits per heavy atom. The number of ether oxygens (including phenoxy) is 1. The van der Waals surface area contributed by atoms with E-state index in [9.17, 15) is 14.4 Å². The number of ketones is 1. The van der Waals surface area contributed by atoms with E-state index in [0.717, 1.165) is 12.8 Å². The van der Waals surface area contributed by atoms with Gasteiger partial charge in [-0.1, -0.05) is 32.0 Å². The van der Waals surface area contributed by atoms with Crippen molar-refractivity contribution in [3.8, 4) is 0 Å². The van der Waals surface area contributed by atoms with E-state index >= 15 is 0 Å². The van der Waals surface area contributed by atoms with Crippen LogP contribution >= 0.6 is 0 Å². The van der Waals surface area contributed by atoms with Gasteiger partial charge in [-0.25, -0.2) is 0 Å². The average Bonchev–Trinajstić information content (AvgIpc) is 2.64. The van der Waals surface area contributed by atoms with Crippen LogP contribution in [0, 0.1) is 11.8 Å². The number of rotatable bonds is 11. The normalized spacial score (nSPS) is 13.1. The van der Waals surface area contributed by atoms with Gasteiger partial charge in [0.15, 0.2) is 0 Å². The van der Waals surface area contributed by atoms with Crippen molar-refractivity contribution in [2.45, 2.75) is 45.6 Å². The maximum absolute atomic E-state index is 12.2. The number of nitrogens with two attached hydrogens (primary N) is 1. The summed E-state index contributed by atoms with van der Waals surface area (Å²) < 4.78 is 4.75. The molecule has 0 spiro atoms. The summed E-state index contributed by atoms with van der Waals surface area (Å²) in [5.74, 6) is -1.04. The van der Waals surface area contributed by atoms with Gasteiger partial charge in [0.1, 0.15) is 5.78 Å². The minimum Gasteiger partial charge on any atom is -0.469 e. The van der Waals surface area contributed by atoms with E-state index in [1.807, 2.05) is 32.0 Å². The molecule has 1 rings (SSSR count). The van der Waals surface area contributed by atoms with E-state index < -0.39 is 12.0 Å². The van der Waals surface area contributed by atoms with E-state index in [-0.39, 0.29) is 30.0 Å². The number of carbonyl (C=O) groups excluding carboxylic acids is 3. The first-order chi connectivity index (χ1) is 12.4. The molecule has 0 saturated carbocycles. The fourth-order valence-corrected chi connectivity index (χ4v) is 2.65. The maximum atomic E-state index is 12.2. The summed E-state index contributed by atoms with van der Waals surface area (Å²) in [6.45, 7) is 4.30. The van der Waals surface area contributed by atoms with Crippen LogP contribution in [0.25, 0.3) is 0 Å². The van der Waals surface area contributed by atoms with Crippen LogP contribution in [0.15, 0.2) is 30.3 Å². The smallest absolute Gasteiger partial charge is 0.309 e. The summed E-state index contributed by atoms with van der Waals surface area (Å²) in [5, 5.41) is 2.85. The highest BCUT2D eigenvalue weighted by atomic mass is 16.5. The number of carbonyl (C=O) groups is 3. The zero-order valence-electron chi connectivity index (χ0n) is 15.9. The molecule has 6 nitrogen and oxygen atoms in total. The fourth-order valence-electron chi connectivity index (χ4n) is 2.65. The van der Waals surface area contributed by atoms with Gasteiger partial charge >= 0.3 is 5.97 Å². The summed E-state index contributed by atoms with van der Waals surface area (Å²) in [6, 6.07) is 8.42. The lowest BCUT2D eigenvalue weighted by Gasteiger charge is -2.19. The van der Waals surface area contributed by atoms with Crippen molar-refractivity contribution in [3.05, 3.63) is 35.9 Å². The van der Waals surface area contributed by atoms with Gasteiger partial charge in [0.2, 0.25) is 0 Å². The van der Waals surface area contributed by atoms with Crippen molar-refractivity contribution in [3.63, 3.8) is 0 Å². The second-order valence-electron chi connectivity index (χ2n) is 6.77. The molecule has 0 heterocycles. The molecule has 1 aromatic rings. The summed E-state index contributed by atoms with van der Waals surface area (Å²) in [6.07, 6.45) is 2.11. The van der Waals surface area contributed by atoms with Crippen LogP contribution in [0.2, 0.25) is 0 Å². The van der Waals surface area contributed by atoms with Crippen molar-refractivity contribution in [2.75, 3.05) is 13.7 Å². The van der Waals surface area contributed by atoms with Crippen LogP contribution in [-0.4, -0.2) is 37.4 Å². The highest BCUT2D eigenvalue weighted by molar-refractivity contribution is 5.94. The monoisotopic (exact) mass is 362 g/mol. The minimum atomic E-state index is -0.592. The molecule has 2 atom stereocenters. The number of Topliss-reactive ketones (excluding diaryl/α,β-unsaturated/α-hetero) is 1. The third-order valence-corrected chi connectivity index (χ3v) is 4.41. The fraction of sp³-hybridized carbons (Fsp3) is 0.550. The van der Waals surface area contributed by atoms with Crippen molar-refractivity contribution >= 4 is 17.7 Å². The van der Waals surface area contributed by atoms with Crippen LogP contribution in [-0.2, 0) is 14.3 Å². The average molecular weight is 362 g/mol. The molecule has 3 N–H and O–H groups in total. The Morgan fingerprint density at radius 1 is 1.12 bits per heavy atom. The van der Waals surface area contributed by atoms with Crippen LogP contribution in [0.3, 0.4) is 0 Å². The maximum Gasteiger partial charge on any atom is 0.309 e. The summed E-state index contributed by atoms with van der Waals surface area (Å²) in [4.78, 5) is 35.9. The molecule has 1 amide bonds. The lowest BCUT2D eigenvalue weighted by Crippen LogP contribution is -2.35. The first-order valence-corrected chi connectivity index (χ1v) is 9.06. The third kappa shape index (κ3) is 7.35. The second kappa shape index (κ2) is 11.4. The molecule has 0 saturated heterocycles. The molecule has 26 heavy (non-hydrogen) atoms. The number of hydrogen-bond acceptors (Lipinski definition) is 5. The van der Waals surface area contributed by atoms with E-state index in [1.54, 1.807) is 12.1 Å². The number of nitrogens with one attached hydrogen (secondary N) is 1. The molecule has 0 aromatic heterocycles. The highest BCUT2D eigenvalue weighted by Gasteiger charge is 2.27. The number of esters is 1. The van der Waals surface area contributed by atoms with Crippen LogP contribution in [0.1, 0.15) is 49.9 Å². The molecule has 0 aliphatic rings. The first-order valence-electron chi connectivity index (χ1n) is 9.06. The lowest BCUT2D eigenvalue weighted by molar-refractivity contribution is -0.149. The van der Waals surface area contributed by atoms with Gasteiger partial charge in [-0.2, -0.15) is 0 Å². The molecule has 0 radical (unpaired) electrons. The Hall–Kier alpha value is -2.21. The number of amides is 1. The molecule has 0 aliphatic carbocycles. The van der Waals surface area contributed by atoms with Gasteiger partial charge in [-0.15, -0.1) is 0 Å². The summed E-state index contributed by atoms with van der Waals surface area (Å²) >= 11 is 0. The highest BCUT2D eigenvalue weighted by Crippen LogP contribution is 2.18. The van der Waals surface area contributed by atoms with Gasteiger partial charge < -0.3 is 15.8 Å². The summed E-state index contributed by atoms with van der Waals surface area (Å²) in [7, 11) is 1.33. The number of benzene rings is 1. The Kier molecular flexibility index (Phi) is 9.58. The number of methoxy groups -OCH3 is 1. The molecule has 0 aliphatic heterocycles. The predicted molar refractivity (Wildman–Crippen MR) is 101 cm³/mol. The zero-order chi connectivity index (χ0) is 19.5. The largest absolute Gasteiger partial charge is 0.469 e. The van der Waals surface area contributed by atoms with Crippen LogP contribution in [0.4, 0.5) is 0 Å². The van der Waals surface area contributed by atoms with Gasteiger partial charge in [0.25, 0.3) is 5.91 Å². The minimum absolute atomic E-state index is 0.0202. The van der Waals surface area contributed by atoms with E-state index in [1.165, 1.54) is 7.11 Å². The molecule has 1 aromatic carbocycles. The molecular weight excluding hydrogens is 332 g/mol. The van der Waals surface area contributed by atoms with E-state index in [2.05, 4.69) is 5.32 Å². The van der Waals surface area contributed by atoms with Gasteiger partial charge in [0.05, 0.1) is 19.1 Å². The van der Waals surface area contributed by atoms with Crippen LogP contribution < -0.4 is 11.1 Å². The predicted octanol–water partition coefficient (Wildman–Crippen LogP) is 2.32. The SMILES string of the molecule is COC(=O)[C@H](CC(=O)[C@@H](N)CCCCNC(=O)c1ccccc1)C(C)C. The van der Waals surface area contributed by atoms with E-state index in [0.29, 0.717) is 18.5 Å². The van der Waals surface area contributed by atoms with Gasteiger partial charge in [0, 0.05) is 18.5 Å². The van der Waals surface area contributed by atoms with Gasteiger partial charge in [-0.3, -0.25) is 14.4 Å². The molecule has 0 fully saturated rings. The Bertz CT molecular complexity index is 587. The van der Waals surface area contributed by atoms with Crippen molar-refractivity contribution < 1.29 is 19.1 Å². The van der Waals surface area contributed by atoms with Gasteiger partial charge in [-0.05, 0) is 37.3 Å².